The summed E-state index contributed by atoms with van der Waals surface area (Å²) < 4.78 is 0. The molecule has 0 radical (unpaired) electrons. The quantitative estimate of drug-likeness (QED) is 0.878. The van der Waals surface area contributed by atoms with Gasteiger partial charge in [-0.25, -0.2) is 9.97 Å². The first kappa shape index (κ1) is 16.5. The SMILES string of the molecule is CC(c1ccc2c(c1)CC(C)(C)c1c(N)ncnc1-2)C1CCNCC1. The first-order valence-electron chi connectivity index (χ1n) is 9.42. The van der Waals surface area contributed by atoms with Gasteiger partial charge in [0.15, 0.2) is 0 Å². The summed E-state index contributed by atoms with van der Waals surface area (Å²) >= 11 is 0. The summed E-state index contributed by atoms with van der Waals surface area (Å²) in [4.78, 5) is 8.81. The predicted octanol–water partition coefficient (Wildman–Crippen LogP) is 3.66. The zero-order valence-electron chi connectivity index (χ0n) is 15.5. The molecule has 0 spiro atoms. The van der Waals surface area contributed by atoms with Crippen LogP contribution in [0.4, 0.5) is 5.82 Å². The number of anilines is 1. The Hall–Kier alpha value is -1.94. The van der Waals surface area contributed by atoms with E-state index in [0.29, 0.717) is 11.7 Å². The van der Waals surface area contributed by atoms with E-state index in [1.54, 1.807) is 6.33 Å². The minimum atomic E-state index is -0.0374. The summed E-state index contributed by atoms with van der Waals surface area (Å²) in [5.41, 5.74) is 12.4. The number of hydrogen-bond donors (Lipinski definition) is 2. The molecule has 4 heteroatoms. The van der Waals surface area contributed by atoms with Gasteiger partial charge in [0.1, 0.15) is 12.1 Å². The number of nitrogens with two attached hydrogens (primary N) is 1. The predicted molar refractivity (Wildman–Crippen MR) is 103 cm³/mol. The minimum Gasteiger partial charge on any atom is -0.383 e. The van der Waals surface area contributed by atoms with Crippen LogP contribution in [0, 0.1) is 5.92 Å². The van der Waals surface area contributed by atoms with Crippen molar-refractivity contribution in [3.05, 3.63) is 41.2 Å². The van der Waals surface area contributed by atoms with E-state index in [9.17, 15) is 0 Å². The normalized spacial score (nSPS) is 20.6. The second-order valence-electron chi connectivity index (χ2n) is 8.34. The molecule has 1 unspecified atom stereocenters. The molecular formula is C21H28N4. The van der Waals surface area contributed by atoms with Crippen LogP contribution in [0.1, 0.15) is 56.2 Å². The fraction of sp³-hybridized carbons (Fsp3) is 0.524. The van der Waals surface area contributed by atoms with Crippen molar-refractivity contribution in [1.29, 1.82) is 0 Å². The Balaban J connectivity index is 1.74. The largest absolute Gasteiger partial charge is 0.383 e. The number of aromatic nitrogens is 2. The molecule has 3 N–H and O–H groups in total. The zero-order chi connectivity index (χ0) is 17.6. The summed E-state index contributed by atoms with van der Waals surface area (Å²) in [6.45, 7) is 9.18. The highest BCUT2D eigenvalue weighted by Gasteiger charge is 2.34. The molecule has 2 aromatic rings. The Morgan fingerprint density at radius 1 is 1.20 bits per heavy atom. The van der Waals surface area contributed by atoms with E-state index in [4.69, 9.17) is 5.73 Å². The summed E-state index contributed by atoms with van der Waals surface area (Å²) in [5, 5.41) is 3.47. The second kappa shape index (κ2) is 6.10. The molecule has 4 rings (SSSR count). The van der Waals surface area contributed by atoms with Crippen molar-refractivity contribution in [2.75, 3.05) is 18.8 Å². The lowest BCUT2D eigenvalue weighted by Gasteiger charge is -2.35. The van der Waals surface area contributed by atoms with Crippen LogP contribution in [-0.4, -0.2) is 23.1 Å². The van der Waals surface area contributed by atoms with Crippen molar-refractivity contribution in [2.45, 2.75) is 51.4 Å². The lowest BCUT2D eigenvalue weighted by Crippen LogP contribution is -2.30. The maximum atomic E-state index is 6.19. The van der Waals surface area contributed by atoms with E-state index in [1.807, 2.05) is 0 Å². The van der Waals surface area contributed by atoms with Gasteiger partial charge >= 0.3 is 0 Å². The molecule has 0 amide bonds. The molecule has 132 valence electrons. The molecule has 1 saturated heterocycles. The van der Waals surface area contributed by atoms with E-state index in [0.717, 1.165) is 36.7 Å². The van der Waals surface area contributed by atoms with Gasteiger partial charge in [-0.1, -0.05) is 39.0 Å². The van der Waals surface area contributed by atoms with Crippen LogP contribution < -0.4 is 11.1 Å². The molecular weight excluding hydrogens is 308 g/mol. The van der Waals surface area contributed by atoms with E-state index >= 15 is 0 Å². The van der Waals surface area contributed by atoms with Crippen molar-refractivity contribution in [2.24, 2.45) is 5.92 Å². The fourth-order valence-corrected chi connectivity index (χ4v) is 4.73. The Bertz CT molecular complexity index is 790. The van der Waals surface area contributed by atoms with E-state index in [2.05, 4.69) is 54.3 Å². The molecule has 1 aliphatic heterocycles. The Labute approximate surface area is 150 Å². The van der Waals surface area contributed by atoms with Crippen molar-refractivity contribution in [3.63, 3.8) is 0 Å². The second-order valence-corrected chi connectivity index (χ2v) is 8.34. The van der Waals surface area contributed by atoms with Gasteiger partial charge in [-0.15, -0.1) is 0 Å². The lowest BCUT2D eigenvalue weighted by molar-refractivity contribution is 0.330. The molecule has 1 aromatic carbocycles. The van der Waals surface area contributed by atoms with Crippen molar-refractivity contribution < 1.29 is 0 Å². The van der Waals surface area contributed by atoms with Crippen LogP contribution in [0.25, 0.3) is 11.3 Å². The third kappa shape index (κ3) is 2.82. The number of benzene rings is 1. The van der Waals surface area contributed by atoms with Crippen molar-refractivity contribution in [3.8, 4) is 11.3 Å². The zero-order valence-corrected chi connectivity index (χ0v) is 15.5. The first-order valence-corrected chi connectivity index (χ1v) is 9.42. The van der Waals surface area contributed by atoms with Gasteiger partial charge < -0.3 is 11.1 Å². The van der Waals surface area contributed by atoms with Gasteiger partial charge in [-0.3, -0.25) is 0 Å². The number of nitrogens with one attached hydrogen (secondary N) is 1. The van der Waals surface area contributed by atoms with E-state index in [-0.39, 0.29) is 5.41 Å². The number of nitrogen functional groups attached to an aromatic ring is 1. The van der Waals surface area contributed by atoms with E-state index in [1.165, 1.54) is 29.5 Å². The average Bonchev–Trinajstić information content (AvgIpc) is 2.60. The Morgan fingerprint density at radius 2 is 1.96 bits per heavy atom. The first-order chi connectivity index (χ1) is 12.0. The average molecular weight is 336 g/mol. The van der Waals surface area contributed by atoms with Crippen molar-refractivity contribution in [1.82, 2.24) is 15.3 Å². The van der Waals surface area contributed by atoms with Crippen LogP contribution in [0.3, 0.4) is 0 Å². The minimum absolute atomic E-state index is 0.0374. The number of nitrogens with zero attached hydrogens (tertiary/aromatic N) is 2. The topological polar surface area (TPSA) is 63.8 Å². The molecule has 1 aromatic heterocycles. The van der Waals surface area contributed by atoms with Crippen LogP contribution in [-0.2, 0) is 11.8 Å². The fourth-order valence-electron chi connectivity index (χ4n) is 4.73. The molecule has 2 aliphatic rings. The van der Waals surface area contributed by atoms with Crippen LogP contribution in [0.5, 0.6) is 0 Å². The molecule has 2 heterocycles. The highest BCUT2D eigenvalue weighted by Crippen LogP contribution is 2.45. The molecule has 0 bridgehead atoms. The van der Waals surface area contributed by atoms with Crippen LogP contribution in [0.15, 0.2) is 24.5 Å². The molecule has 4 nitrogen and oxygen atoms in total. The molecule has 0 saturated carbocycles. The number of piperidine rings is 1. The number of fused-ring (bicyclic) bond motifs is 3. The standard InChI is InChI=1S/C21H28N4/c1-13(14-6-8-23-9-7-14)15-4-5-17-16(10-15)11-21(2,3)18-19(17)24-12-25-20(18)22/h4-5,10,12-14,23H,6-9,11H2,1-3H3,(H2,22,24,25). The number of hydrogen-bond acceptors (Lipinski definition) is 4. The summed E-state index contributed by atoms with van der Waals surface area (Å²) in [5.74, 6) is 2.00. The maximum Gasteiger partial charge on any atom is 0.131 e. The van der Waals surface area contributed by atoms with Gasteiger partial charge in [0, 0.05) is 11.1 Å². The molecule has 25 heavy (non-hydrogen) atoms. The number of rotatable bonds is 2. The van der Waals surface area contributed by atoms with Gasteiger partial charge in [-0.05, 0) is 60.7 Å². The van der Waals surface area contributed by atoms with E-state index < -0.39 is 0 Å². The molecule has 1 aliphatic carbocycles. The van der Waals surface area contributed by atoms with Gasteiger partial charge in [0.05, 0.1) is 5.69 Å². The highest BCUT2D eigenvalue weighted by molar-refractivity contribution is 5.75. The Kier molecular flexibility index (Phi) is 4.03. The Morgan fingerprint density at radius 3 is 2.72 bits per heavy atom. The van der Waals surface area contributed by atoms with Crippen LogP contribution >= 0.6 is 0 Å². The maximum absolute atomic E-state index is 6.19. The summed E-state index contributed by atoms with van der Waals surface area (Å²) in [7, 11) is 0. The third-order valence-electron chi connectivity index (χ3n) is 6.19. The van der Waals surface area contributed by atoms with Gasteiger partial charge in [0.2, 0.25) is 0 Å². The highest BCUT2D eigenvalue weighted by atomic mass is 14.9. The smallest absolute Gasteiger partial charge is 0.131 e. The third-order valence-corrected chi connectivity index (χ3v) is 6.19. The molecule has 1 fully saturated rings. The lowest BCUT2D eigenvalue weighted by atomic mass is 9.71. The van der Waals surface area contributed by atoms with Crippen molar-refractivity contribution >= 4 is 5.82 Å². The summed E-state index contributed by atoms with van der Waals surface area (Å²) in [6, 6.07) is 6.97. The summed E-state index contributed by atoms with van der Waals surface area (Å²) in [6.07, 6.45) is 5.12. The van der Waals surface area contributed by atoms with Gasteiger partial charge in [-0.2, -0.15) is 0 Å². The molecule has 1 atom stereocenters. The van der Waals surface area contributed by atoms with Gasteiger partial charge in [0.25, 0.3) is 0 Å². The monoisotopic (exact) mass is 336 g/mol. The van der Waals surface area contributed by atoms with Crippen LogP contribution in [0.2, 0.25) is 0 Å².